The summed E-state index contributed by atoms with van der Waals surface area (Å²) in [6.07, 6.45) is 1.49. The molecule has 1 N–H and O–H groups in total. The minimum Gasteiger partial charge on any atom is -0.469 e. The molecule has 0 saturated heterocycles. The second-order valence-electron chi connectivity index (χ2n) is 4.72. The lowest BCUT2D eigenvalue weighted by molar-refractivity contribution is -0.145. The minimum absolute atomic E-state index is 0.0498. The lowest BCUT2D eigenvalue weighted by atomic mass is 9.87. The van der Waals surface area contributed by atoms with Crippen LogP contribution < -0.4 is 0 Å². The number of esters is 1. The van der Waals surface area contributed by atoms with Gasteiger partial charge in [-0.3, -0.25) is 4.79 Å². The predicted octanol–water partition coefficient (Wildman–Crippen LogP) is 2.23. The van der Waals surface area contributed by atoms with Crippen molar-refractivity contribution in [1.29, 1.82) is 0 Å². The van der Waals surface area contributed by atoms with Crippen LogP contribution in [0.25, 0.3) is 0 Å². The smallest absolute Gasteiger partial charge is 0.308 e. The summed E-state index contributed by atoms with van der Waals surface area (Å²) < 4.78 is 4.68. The zero-order valence-corrected chi connectivity index (χ0v) is 10.5. The molecule has 0 aliphatic carbocycles. The topological polar surface area (TPSA) is 46.5 Å². The molecule has 0 aromatic heterocycles. The molecule has 0 aromatic rings. The third-order valence-corrected chi connectivity index (χ3v) is 2.96. The van der Waals surface area contributed by atoms with Gasteiger partial charge in [0, 0.05) is 0 Å². The highest BCUT2D eigenvalue weighted by molar-refractivity contribution is 5.71. The Labute approximate surface area is 92.8 Å². The molecule has 3 heteroatoms. The monoisotopic (exact) mass is 216 g/mol. The summed E-state index contributed by atoms with van der Waals surface area (Å²) in [5, 5.41) is 9.37. The quantitative estimate of drug-likeness (QED) is 0.692. The Balaban J connectivity index is 3.92. The van der Waals surface area contributed by atoms with Crippen LogP contribution in [0.1, 0.15) is 40.5 Å². The van der Waals surface area contributed by atoms with Crippen LogP contribution in [-0.2, 0) is 9.53 Å². The van der Waals surface area contributed by atoms with E-state index in [1.54, 1.807) is 6.92 Å². The molecule has 4 atom stereocenters. The van der Waals surface area contributed by atoms with Crippen molar-refractivity contribution in [1.82, 2.24) is 0 Å². The summed E-state index contributed by atoms with van der Waals surface area (Å²) >= 11 is 0. The molecule has 0 aromatic carbocycles. The van der Waals surface area contributed by atoms with Gasteiger partial charge in [0.25, 0.3) is 0 Å². The number of aliphatic hydroxyl groups excluding tert-OH is 1. The number of aliphatic hydroxyl groups is 1. The molecule has 3 nitrogen and oxygen atoms in total. The highest BCUT2D eigenvalue weighted by Gasteiger charge is 2.19. The first kappa shape index (κ1) is 14.4. The number of methoxy groups -OCH3 is 1. The molecule has 0 radical (unpaired) electrons. The van der Waals surface area contributed by atoms with Crippen molar-refractivity contribution in [2.45, 2.75) is 46.6 Å². The van der Waals surface area contributed by atoms with Gasteiger partial charge >= 0.3 is 5.97 Å². The van der Waals surface area contributed by atoms with Crippen LogP contribution >= 0.6 is 0 Å². The Morgan fingerprint density at radius 1 is 1.20 bits per heavy atom. The second kappa shape index (κ2) is 6.83. The second-order valence-corrected chi connectivity index (χ2v) is 4.72. The van der Waals surface area contributed by atoms with Gasteiger partial charge in [-0.1, -0.05) is 20.8 Å². The molecule has 0 fully saturated rings. The average Bonchev–Trinajstić information content (AvgIpc) is 2.15. The maximum absolute atomic E-state index is 11.2. The molecule has 0 aliphatic heterocycles. The van der Waals surface area contributed by atoms with E-state index in [1.807, 2.05) is 13.8 Å². The van der Waals surface area contributed by atoms with E-state index in [0.717, 1.165) is 12.8 Å². The van der Waals surface area contributed by atoms with Gasteiger partial charge in [0.05, 0.1) is 19.1 Å². The number of rotatable bonds is 6. The van der Waals surface area contributed by atoms with Crippen LogP contribution in [0.4, 0.5) is 0 Å². The van der Waals surface area contributed by atoms with Crippen LogP contribution in [0.15, 0.2) is 0 Å². The van der Waals surface area contributed by atoms with E-state index in [2.05, 4.69) is 11.7 Å². The fourth-order valence-corrected chi connectivity index (χ4v) is 1.83. The fourth-order valence-electron chi connectivity index (χ4n) is 1.83. The first-order chi connectivity index (χ1) is 6.88. The van der Waals surface area contributed by atoms with Crippen molar-refractivity contribution >= 4 is 5.97 Å². The van der Waals surface area contributed by atoms with Gasteiger partial charge in [0.1, 0.15) is 0 Å². The van der Waals surface area contributed by atoms with Gasteiger partial charge in [-0.15, -0.1) is 0 Å². The Bertz CT molecular complexity index is 189. The summed E-state index contributed by atoms with van der Waals surface area (Å²) in [6.45, 7) is 7.83. The van der Waals surface area contributed by atoms with Gasteiger partial charge in [-0.25, -0.2) is 0 Å². The van der Waals surface area contributed by atoms with Gasteiger partial charge in [0.2, 0.25) is 0 Å². The lowest BCUT2D eigenvalue weighted by Crippen LogP contribution is -2.20. The predicted molar refractivity (Wildman–Crippen MR) is 60.4 cm³/mol. The summed E-state index contributed by atoms with van der Waals surface area (Å²) in [4.78, 5) is 11.2. The van der Waals surface area contributed by atoms with Crippen molar-refractivity contribution in [3.63, 3.8) is 0 Å². The van der Waals surface area contributed by atoms with Crippen LogP contribution in [0.5, 0.6) is 0 Å². The van der Waals surface area contributed by atoms with Crippen molar-refractivity contribution in [2.24, 2.45) is 17.8 Å². The average molecular weight is 216 g/mol. The van der Waals surface area contributed by atoms with Gasteiger partial charge in [-0.2, -0.15) is 0 Å². The first-order valence-electron chi connectivity index (χ1n) is 5.64. The Hall–Kier alpha value is -0.570. The van der Waals surface area contributed by atoms with Crippen LogP contribution in [-0.4, -0.2) is 24.3 Å². The van der Waals surface area contributed by atoms with E-state index in [4.69, 9.17) is 0 Å². The highest BCUT2D eigenvalue weighted by Crippen LogP contribution is 2.22. The lowest BCUT2D eigenvalue weighted by Gasteiger charge is -2.21. The Kier molecular flexibility index (Phi) is 6.57. The number of hydrogen-bond acceptors (Lipinski definition) is 3. The molecular weight excluding hydrogens is 192 g/mol. The van der Waals surface area contributed by atoms with Crippen molar-refractivity contribution in [2.75, 3.05) is 7.11 Å². The number of ether oxygens (including phenoxy) is 1. The van der Waals surface area contributed by atoms with E-state index in [-0.39, 0.29) is 23.9 Å². The normalized spacial score (nSPS) is 19.1. The van der Waals surface area contributed by atoms with Crippen molar-refractivity contribution < 1.29 is 14.6 Å². The molecule has 0 unspecified atom stereocenters. The largest absolute Gasteiger partial charge is 0.469 e. The van der Waals surface area contributed by atoms with E-state index >= 15 is 0 Å². The zero-order chi connectivity index (χ0) is 12.0. The van der Waals surface area contributed by atoms with Crippen LogP contribution in [0.3, 0.4) is 0 Å². The summed E-state index contributed by atoms with van der Waals surface area (Å²) in [5.41, 5.74) is 0. The van der Waals surface area contributed by atoms with Gasteiger partial charge < -0.3 is 9.84 Å². The standard InChI is InChI=1S/C12H24O3/c1-8(6-9(2)11(4)13)7-10(3)12(14)15-5/h8-11,13H,6-7H2,1-5H3/t8-,9+,10-,11-/m1/s1. The van der Waals surface area contributed by atoms with E-state index in [1.165, 1.54) is 7.11 Å². The molecule has 0 saturated carbocycles. The molecular formula is C12H24O3. The summed E-state index contributed by atoms with van der Waals surface area (Å²) in [5.74, 6) is 0.520. The Morgan fingerprint density at radius 3 is 2.13 bits per heavy atom. The summed E-state index contributed by atoms with van der Waals surface area (Å²) in [6, 6.07) is 0. The zero-order valence-electron chi connectivity index (χ0n) is 10.5. The molecule has 15 heavy (non-hydrogen) atoms. The number of hydrogen-bond donors (Lipinski definition) is 1. The highest BCUT2D eigenvalue weighted by atomic mass is 16.5. The molecule has 0 aliphatic rings. The van der Waals surface area contributed by atoms with Gasteiger partial charge in [0.15, 0.2) is 0 Å². The SMILES string of the molecule is COC(=O)[C@H](C)C[C@H](C)C[C@H](C)[C@@H](C)O. The van der Waals surface area contributed by atoms with Gasteiger partial charge in [-0.05, 0) is 31.6 Å². The van der Waals surface area contributed by atoms with Crippen molar-refractivity contribution in [3.05, 3.63) is 0 Å². The molecule has 0 bridgehead atoms. The molecule has 0 heterocycles. The minimum atomic E-state index is -0.277. The number of carbonyl (C=O) groups is 1. The van der Waals surface area contributed by atoms with Crippen LogP contribution in [0, 0.1) is 17.8 Å². The third kappa shape index (κ3) is 5.78. The van der Waals surface area contributed by atoms with Crippen molar-refractivity contribution in [3.8, 4) is 0 Å². The maximum atomic E-state index is 11.2. The fraction of sp³-hybridized carbons (Fsp3) is 0.917. The Morgan fingerprint density at radius 2 is 1.73 bits per heavy atom. The molecule has 0 rings (SSSR count). The van der Waals surface area contributed by atoms with Crippen LogP contribution in [0.2, 0.25) is 0 Å². The molecule has 90 valence electrons. The van der Waals surface area contributed by atoms with E-state index < -0.39 is 0 Å². The maximum Gasteiger partial charge on any atom is 0.308 e. The van der Waals surface area contributed by atoms with E-state index in [0.29, 0.717) is 5.92 Å². The summed E-state index contributed by atoms with van der Waals surface area (Å²) in [7, 11) is 1.42. The third-order valence-electron chi connectivity index (χ3n) is 2.96. The molecule has 0 spiro atoms. The molecule has 0 amide bonds. The van der Waals surface area contributed by atoms with E-state index in [9.17, 15) is 9.90 Å². The first-order valence-corrected chi connectivity index (χ1v) is 5.64. The number of carbonyl (C=O) groups excluding carboxylic acids is 1.